The minimum Gasteiger partial charge on any atom is -0.507 e. The molecule has 2 aliphatic heterocycles. The summed E-state index contributed by atoms with van der Waals surface area (Å²) in [7, 11) is 3.25. The van der Waals surface area contributed by atoms with Gasteiger partial charge in [0.15, 0.2) is 23.0 Å². The van der Waals surface area contributed by atoms with Crippen molar-refractivity contribution in [1.82, 2.24) is 0 Å². The van der Waals surface area contributed by atoms with Crippen LogP contribution >= 0.6 is 0 Å². The molecule has 2 aliphatic rings. The summed E-state index contributed by atoms with van der Waals surface area (Å²) in [4.78, 5) is 1.28. The number of morpholine rings is 1. The third-order valence-electron chi connectivity index (χ3n) is 5.12. The number of nitrogens with one attached hydrogen (secondary N) is 1. The molecule has 0 radical (unpaired) electrons. The first-order chi connectivity index (χ1) is 13.2. The molecule has 2 heterocycles. The normalized spacial score (nSPS) is 17.6. The highest BCUT2D eigenvalue weighted by molar-refractivity contribution is 5.56. The fourth-order valence-electron chi connectivity index (χ4n) is 3.85. The molecule has 0 bridgehead atoms. The van der Waals surface area contributed by atoms with Gasteiger partial charge in [-0.25, -0.2) is 0 Å². The predicted octanol–water partition coefficient (Wildman–Crippen LogP) is 1.14. The molecule has 0 saturated carbocycles. The Hall–Kier alpha value is -2.64. The molecule has 0 unspecified atom stereocenters. The highest BCUT2D eigenvalue weighted by Gasteiger charge is 2.35. The van der Waals surface area contributed by atoms with E-state index in [1.54, 1.807) is 20.3 Å². The van der Waals surface area contributed by atoms with Gasteiger partial charge in [-0.15, -0.1) is 0 Å². The maximum atomic E-state index is 10.8. The van der Waals surface area contributed by atoms with Crippen LogP contribution in [-0.4, -0.2) is 52.4 Å². The van der Waals surface area contributed by atoms with E-state index in [1.807, 2.05) is 24.3 Å². The Kier molecular flexibility index (Phi) is 4.96. The van der Waals surface area contributed by atoms with Gasteiger partial charge in [0, 0.05) is 6.07 Å². The first-order valence-corrected chi connectivity index (χ1v) is 8.98. The van der Waals surface area contributed by atoms with Crippen LogP contribution in [0.2, 0.25) is 0 Å². The number of benzene rings is 2. The van der Waals surface area contributed by atoms with Crippen LogP contribution < -0.4 is 23.8 Å². The van der Waals surface area contributed by atoms with Crippen molar-refractivity contribution in [1.29, 1.82) is 0 Å². The van der Waals surface area contributed by atoms with Gasteiger partial charge in [0.1, 0.15) is 24.9 Å². The van der Waals surface area contributed by atoms with Crippen LogP contribution in [0.25, 0.3) is 0 Å². The smallest absolute Gasteiger partial charge is 0.231 e. The van der Waals surface area contributed by atoms with Gasteiger partial charge >= 0.3 is 0 Å². The van der Waals surface area contributed by atoms with Crippen molar-refractivity contribution in [3.8, 4) is 28.7 Å². The van der Waals surface area contributed by atoms with E-state index >= 15 is 0 Å². The zero-order valence-electron chi connectivity index (χ0n) is 15.5. The molecule has 1 saturated heterocycles. The van der Waals surface area contributed by atoms with Crippen LogP contribution in [0, 0.1) is 0 Å². The molecule has 0 aromatic heterocycles. The van der Waals surface area contributed by atoms with E-state index in [0.29, 0.717) is 36.2 Å². The van der Waals surface area contributed by atoms with E-state index in [4.69, 9.17) is 23.7 Å². The van der Waals surface area contributed by atoms with Gasteiger partial charge in [0.05, 0.1) is 38.6 Å². The van der Waals surface area contributed by atoms with E-state index in [0.717, 1.165) is 24.2 Å². The molecule has 4 rings (SSSR count). The zero-order chi connectivity index (χ0) is 18.8. The summed E-state index contributed by atoms with van der Waals surface area (Å²) >= 11 is 0. The van der Waals surface area contributed by atoms with Gasteiger partial charge < -0.3 is 33.7 Å². The van der Waals surface area contributed by atoms with Crippen molar-refractivity contribution >= 4 is 0 Å². The third-order valence-corrected chi connectivity index (χ3v) is 5.12. The van der Waals surface area contributed by atoms with Crippen molar-refractivity contribution in [3.05, 3.63) is 41.5 Å². The Bertz CT molecular complexity index is 818. The van der Waals surface area contributed by atoms with Crippen LogP contribution in [0.15, 0.2) is 30.3 Å². The van der Waals surface area contributed by atoms with E-state index in [-0.39, 0.29) is 18.6 Å². The van der Waals surface area contributed by atoms with Gasteiger partial charge in [-0.1, -0.05) is 6.07 Å². The second-order valence-corrected chi connectivity index (χ2v) is 6.55. The van der Waals surface area contributed by atoms with E-state index in [9.17, 15) is 5.11 Å². The Labute approximate surface area is 158 Å². The molecule has 7 nitrogen and oxygen atoms in total. The highest BCUT2D eigenvalue weighted by Crippen LogP contribution is 2.43. The number of ether oxygens (including phenoxy) is 5. The Morgan fingerprint density at radius 1 is 1.00 bits per heavy atom. The number of hydrogen-bond donors (Lipinski definition) is 2. The van der Waals surface area contributed by atoms with Crippen molar-refractivity contribution in [2.75, 3.05) is 47.3 Å². The van der Waals surface area contributed by atoms with Crippen molar-refractivity contribution < 1.29 is 33.7 Å². The van der Waals surface area contributed by atoms with Crippen LogP contribution in [0.5, 0.6) is 28.7 Å². The summed E-state index contributed by atoms with van der Waals surface area (Å²) in [6.07, 6.45) is 0. The summed E-state index contributed by atoms with van der Waals surface area (Å²) in [5, 5.41) is 10.8. The van der Waals surface area contributed by atoms with Gasteiger partial charge in [0.2, 0.25) is 6.79 Å². The second kappa shape index (κ2) is 7.54. The minimum atomic E-state index is -0.159. The van der Waals surface area contributed by atoms with Gasteiger partial charge in [-0.05, 0) is 18.2 Å². The minimum absolute atomic E-state index is 0.159. The molecule has 2 aromatic rings. The van der Waals surface area contributed by atoms with Crippen molar-refractivity contribution in [2.45, 2.75) is 6.04 Å². The molecule has 0 amide bonds. The third kappa shape index (κ3) is 3.24. The number of aromatic hydroxyl groups is 1. The summed E-state index contributed by atoms with van der Waals surface area (Å²) in [6.45, 7) is 3.14. The van der Waals surface area contributed by atoms with Crippen LogP contribution in [-0.2, 0) is 4.74 Å². The maximum Gasteiger partial charge on any atom is 0.231 e. The SMILES string of the molecule is COc1cccc([C@H](c2cc3c(cc2O)OCO3)[NH+]2CCOCC2)c1OC. The topological polar surface area (TPSA) is 70.8 Å². The average molecular weight is 374 g/mol. The molecule has 7 heteroatoms. The lowest BCUT2D eigenvalue weighted by Crippen LogP contribution is -3.14. The van der Waals surface area contributed by atoms with E-state index in [2.05, 4.69) is 0 Å². The van der Waals surface area contributed by atoms with E-state index < -0.39 is 0 Å². The highest BCUT2D eigenvalue weighted by atomic mass is 16.7. The molecular formula is C20H24NO6+. The molecule has 0 spiro atoms. The standard InChI is InChI=1S/C20H23NO6/c1-23-16-5-3-4-13(20(16)24-2)19(21-6-8-25-9-7-21)14-10-17-18(11-15(14)22)27-12-26-17/h3-5,10-11,19,22H,6-9,12H2,1-2H3/p+1/t19-/m1/s1. The summed E-state index contributed by atoms with van der Waals surface area (Å²) in [5.41, 5.74) is 1.71. The summed E-state index contributed by atoms with van der Waals surface area (Å²) in [5.74, 6) is 2.70. The Balaban J connectivity index is 1.86. The lowest BCUT2D eigenvalue weighted by molar-refractivity contribution is -0.933. The Morgan fingerprint density at radius 2 is 1.74 bits per heavy atom. The van der Waals surface area contributed by atoms with Crippen molar-refractivity contribution in [2.24, 2.45) is 0 Å². The average Bonchev–Trinajstić information content (AvgIpc) is 3.16. The number of quaternary nitrogens is 1. The first-order valence-electron chi connectivity index (χ1n) is 8.98. The number of para-hydroxylation sites is 1. The number of phenols is 1. The Morgan fingerprint density at radius 3 is 2.44 bits per heavy atom. The number of methoxy groups -OCH3 is 2. The molecule has 27 heavy (non-hydrogen) atoms. The molecule has 2 aromatic carbocycles. The number of phenolic OH excluding ortho intramolecular Hbond substituents is 1. The summed E-state index contributed by atoms with van der Waals surface area (Å²) < 4.78 is 27.7. The fourth-order valence-corrected chi connectivity index (χ4v) is 3.85. The largest absolute Gasteiger partial charge is 0.507 e. The zero-order valence-corrected chi connectivity index (χ0v) is 15.5. The monoisotopic (exact) mass is 374 g/mol. The maximum absolute atomic E-state index is 10.8. The fraction of sp³-hybridized carbons (Fsp3) is 0.400. The van der Waals surface area contributed by atoms with Gasteiger partial charge in [0.25, 0.3) is 0 Å². The van der Waals surface area contributed by atoms with Gasteiger partial charge in [-0.2, -0.15) is 0 Å². The molecule has 1 fully saturated rings. The quantitative estimate of drug-likeness (QED) is 0.818. The molecule has 0 aliphatic carbocycles. The molecule has 144 valence electrons. The van der Waals surface area contributed by atoms with Crippen LogP contribution in [0.3, 0.4) is 0 Å². The molecular weight excluding hydrogens is 350 g/mol. The first kappa shape index (κ1) is 17.8. The predicted molar refractivity (Wildman–Crippen MR) is 97.1 cm³/mol. The van der Waals surface area contributed by atoms with Crippen LogP contribution in [0.1, 0.15) is 17.2 Å². The second-order valence-electron chi connectivity index (χ2n) is 6.55. The summed E-state index contributed by atoms with van der Waals surface area (Å²) in [6, 6.07) is 9.15. The molecule has 2 N–H and O–H groups in total. The lowest BCUT2D eigenvalue weighted by atomic mass is 9.94. The van der Waals surface area contributed by atoms with Gasteiger partial charge in [-0.3, -0.25) is 0 Å². The van der Waals surface area contributed by atoms with Crippen LogP contribution in [0.4, 0.5) is 0 Å². The number of hydrogen-bond acceptors (Lipinski definition) is 6. The van der Waals surface area contributed by atoms with Crippen molar-refractivity contribution in [3.63, 3.8) is 0 Å². The number of rotatable bonds is 5. The molecule has 1 atom stereocenters. The van der Waals surface area contributed by atoms with E-state index in [1.165, 1.54) is 4.90 Å². The lowest BCUT2D eigenvalue weighted by Gasteiger charge is -2.33. The number of fused-ring (bicyclic) bond motifs is 1.